The highest BCUT2D eigenvalue weighted by Gasteiger charge is 2.68. The summed E-state index contributed by atoms with van der Waals surface area (Å²) < 4.78 is 65.3. The molecule has 0 radical (unpaired) electrons. The van der Waals surface area contributed by atoms with Crippen LogP contribution in [-0.2, 0) is 25.3 Å². The molecule has 0 aliphatic heterocycles. The fourth-order valence-corrected chi connectivity index (χ4v) is 6.90. The van der Waals surface area contributed by atoms with Crippen molar-refractivity contribution in [1.82, 2.24) is 5.32 Å². The normalized spacial score (nSPS) is 23.0. The number of nitrogens with one attached hydrogen (secondary N) is 2. The average molecular weight is 515 g/mol. The Bertz CT molecular complexity index is 1520. The van der Waals surface area contributed by atoms with Gasteiger partial charge in [0.15, 0.2) is 9.84 Å². The zero-order valence-corrected chi connectivity index (χ0v) is 20.4. The minimum Gasteiger partial charge on any atom is -0.346 e. The van der Waals surface area contributed by atoms with E-state index in [1.54, 1.807) is 0 Å². The van der Waals surface area contributed by atoms with Crippen LogP contribution in [0.1, 0.15) is 35.2 Å². The zero-order valence-electron chi connectivity index (χ0n) is 18.8. The minimum atomic E-state index is -4.21. The van der Waals surface area contributed by atoms with E-state index in [-0.39, 0.29) is 32.0 Å². The SMILES string of the molecule is CS(=O)(=O)c1ccc(S(=O)(=O)Nc2cc(F)ccc2C(=O)NC23CC(c4ccccc4)(C2)C3)cc1. The second-order valence-electron chi connectivity index (χ2n) is 9.45. The van der Waals surface area contributed by atoms with Gasteiger partial charge in [0.05, 0.1) is 21.0 Å². The summed E-state index contributed by atoms with van der Waals surface area (Å²) in [6, 6.07) is 18.0. The first-order valence-corrected chi connectivity index (χ1v) is 14.3. The lowest BCUT2D eigenvalue weighted by Crippen LogP contribution is -2.76. The molecule has 7 nitrogen and oxygen atoms in total. The van der Waals surface area contributed by atoms with Crippen molar-refractivity contribution < 1.29 is 26.0 Å². The van der Waals surface area contributed by atoms with E-state index < -0.39 is 31.6 Å². The van der Waals surface area contributed by atoms with Gasteiger partial charge in [0, 0.05) is 17.2 Å². The van der Waals surface area contributed by atoms with Crippen molar-refractivity contribution in [3.05, 3.63) is 89.7 Å². The van der Waals surface area contributed by atoms with E-state index in [1.165, 1.54) is 23.8 Å². The standard InChI is InChI=1S/C25H23FN2O5S2/c1-34(30,31)19-8-10-20(11-9-19)35(32,33)28-22-13-18(26)7-12-21(22)23(29)27-25-14-24(15-25,16-25)17-5-3-2-4-6-17/h2-13,28H,14-16H2,1H3,(H,27,29). The van der Waals surface area contributed by atoms with Crippen LogP contribution in [0, 0.1) is 5.82 Å². The fourth-order valence-electron chi connectivity index (χ4n) is 5.20. The monoisotopic (exact) mass is 514 g/mol. The first-order valence-electron chi connectivity index (χ1n) is 10.9. The Kier molecular flexibility index (Phi) is 5.30. The van der Waals surface area contributed by atoms with Gasteiger partial charge in [-0.15, -0.1) is 0 Å². The maximum atomic E-state index is 14.0. The Labute approximate surface area is 203 Å². The molecular formula is C25H23FN2O5S2. The summed E-state index contributed by atoms with van der Waals surface area (Å²) in [5, 5.41) is 3.02. The van der Waals surface area contributed by atoms with Gasteiger partial charge in [-0.2, -0.15) is 0 Å². The second kappa shape index (κ2) is 7.89. The lowest BCUT2D eigenvalue weighted by atomic mass is 9.37. The van der Waals surface area contributed by atoms with E-state index in [9.17, 15) is 26.0 Å². The molecule has 0 spiro atoms. The van der Waals surface area contributed by atoms with Gasteiger partial charge in [-0.3, -0.25) is 9.52 Å². The van der Waals surface area contributed by atoms with E-state index in [0.29, 0.717) is 0 Å². The van der Waals surface area contributed by atoms with Crippen LogP contribution in [0.3, 0.4) is 0 Å². The third-order valence-corrected chi connectivity index (χ3v) is 9.34. The highest BCUT2D eigenvalue weighted by atomic mass is 32.2. The van der Waals surface area contributed by atoms with E-state index in [2.05, 4.69) is 22.2 Å². The van der Waals surface area contributed by atoms with Crippen LogP contribution < -0.4 is 10.0 Å². The Morgan fingerprint density at radius 1 is 0.857 bits per heavy atom. The number of anilines is 1. The smallest absolute Gasteiger partial charge is 0.261 e. The van der Waals surface area contributed by atoms with E-state index in [1.807, 2.05) is 18.2 Å². The van der Waals surface area contributed by atoms with Gasteiger partial charge < -0.3 is 5.32 Å². The van der Waals surface area contributed by atoms with Crippen molar-refractivity contribution in [3.8, 4) is 0 Å². The first kappa shape index (κ1) is 23.5. The highest BCUT2D eigenvalue weighted by Crippen LogP contribution is 2.67. The molecule has 0 heterocycles. The predicted octanol–water partition coefficient (Wildman–Crippen LogP) is 3.63. The molecule has 35 heavy (non-hydrogen) atoms. The molecule has 3 aromatic carbocycles. The number of sulfonamides is 1. The second-order valence-corrected chi connectivity index (χ2v) is 13.1. The molecule has 2 bridgehead atoms. The maximum absolute atomic E-state index is 14.0. The van der Waals surface area contributed by atoms with Gasteiger partial charge in [0.1, 0.15) is 5.82 Å². The summed E-state index contributed by atoms with van der Waals surface area (Å²) in [5.74, 6) is -1.20. The minimum absolute atomic E-state index is 0.00113. The fraction of sp³-hybridized carbons (Fsp3) is 0.240. The summed E-state index contributed by atoms with van der Waals surface area (Å²) in [6.07, 6.45) is 3.40. The largest absolute Gasteiger partial charge is 0.346 e. The summed E-state index contributed by atoms with van der Waals surface area (Å²) in [4.78, 5) is 12.8. The Balaban J connectivity index is 1.34. The number of sulfone groups is 1. The van der Waals surface area contributed by atoms with E-state index in [4.69, 9.17) is 0 Å². The molecule has 3 aliphatic rings. The molecule has 0 unspecified atom stereocenters. The van der Waals surface area contributed by atoms with Gasteiger partial charge in [-0.1, -0.05) is 30.3 Å². The van der Waals surface area contributed by atoms with Crippen molar-refractivity contribution >= 4 is 31.5 Å². The molecule has 3 aliphatic carbocycles. The Morgan fingerprint density at radius 2 is 1.46 bits per heavy atom. The van der Waals surface area contributed by atoms with Gasteiger partial charge in [-0.05, 0) is 67.3 Å². The summed E-state index contributed by atoms with van der Waals surface area (Å²) >= 11 is 0. The van der Waals surface area contributed by atoms with Crippen molar-refractivity contribution in [1.29, 1.82) is 0 Å². The van der Waals surface area contributed by atoms with E-state index >= 15 is 0 Å². The third kappa shape index (κ3) is 4.21. The molecule has 0 aromatic heterocycles. The van der Waals surface area contributed by atoms with Crippen molar-refractivity contribution in [2.75, 3.05) is 11.0 Å². The van der Waals surface area contributed by atoms with Gasteiger partial charge in [0.2, 0.25) is 0 Å². The maximum Gasteiger partial charge on any atom is 0.261 e. The van der Waals surface area contributed by atoms with Gasteiger partial charge in [-0.25, -0.2) is 21.2 Å². The summed E-state index contributed by atoms with van der Waals surface area (Å²) in [7, 11) is -7.71. The molecule has 1 amide bonds. The lowest BCUT2D eigenvalue weighted by Gasteiger charge is -2.71. The molecule has 0 saturated heterocycles. The van der Waals surface area contributed by atoms with Crippen molar-refractivity contribution in [2.45, 2.75) is 40.0 Å². The molecule has 3 saturated carbocycles. The van der Waals surface area contributed by atoms with Crippen LogP contribution >= 0.6 is 0 Å². The molecule has 2 N–H and O–H groups in total. The van der Waals surface area contributed by atoms with Crippen LogP contribution in [0.2, 0.25) is 0 Å². The Hall–Kier alpha value is -3.24. The van der Waals surface area contributed by atoms with E-state index in [0.717, 1.165) is 49.8 Å². The number of hydrogen-bond acceptors (Lipinski definition) is 5. The van der Waals surface area contributed by atoms with Gasteiger partial charge in [0.25, 0.3) is 15.9 Å². The van der Waals surface area contributed by atoms with Crippen molar-refractivity contribution in [2.24, 2.45) is 0 Å². The van der Waals surface area contributed by atoms with Crippen LogP contribution in [0.25, 0.3) is 0 Å². The van der Waals surface area contributed by atoms with Crippen LogP contribution in [-0.4, -0.2) is 34.5 Å². The Morgan fingerprint density at radius 3 is 2.06 bits per heavy atom. The number of amides is 1. The van der Waals surface area contributed by atoms with Crippen LogP contribution in [0.15, 0.2) is 82.6 Å². The third-order valence-electron chi connectivity index (χ3n) is 6.83. The summed E-state index contributed by atoms with van der Waals surface area (Å²) in [5.41, 5.74) is 0.771. The molecule has 0 atom stereocenters. The molecule has 182 valence electrons. The van der Waals surface area contributed by atoms with Crippen LogP contribution in [0.5, 0.6) is 0 Å². The molecule has 6 rings (SSSR count). The molecule has 3 aromatic rings. The number of halogens is 1. The predicted molar refractivity (Wildman–Crippen MR) is 129 cm³/mol. The molecule has 10 heteroatoms. The number of carbonyl (C=O) groups is 1. The quantitative estimate of drug-likeness (QED) is 0.500. The number of benzene rings is 3. The van der Waals surface area contributed by atoms with Crippen LogP contribution in [0.4, 0.5) is 10.1 Å². The van der Waals surface area contributed by atoms with Gasteiger partial charge >= 0.3 is 0 Å². The first-order chi connectivity index (χ1) is 16.4. The lowest BCUT2D eigenvalue weighted by molar-refractivity contribution is -0.0807. The van der Waals surface area contributed by atoms with Crippen molar-refractivity contribution in [3.63, 3.8) is 0 Å². The number of rotatable bonds is 7. The topological polar surface area (TPSA) is 109 Å². The molecule has 3 fully saturated rings. The number of hydrogen-bond donors (Lipinski definition) is 2. The average Bonchev–Trinajstić information content (AvgIpc) is 2.75. The molecular weight excluding hydrogens is 491 g/mol. The number of carbonyl (C=O) groups excluding carboxylic acids is 1. The summed E-state index contributed by atoms with van der Waals surface area (Å²) in [6.45, 7) is 0. The zero-order chi connectivity index (χ0) is 25.1. The highest BCUT2D eigenvalue weighted by molar-refractivity contribution is 7.92.